The lowest BCUT2D eigenvalue weighted by atomic mass is 10.1. The molecule has 2 aliphatic carbocycles. The highest BCUT2D eigenvalue weighted by Crippen LogP contribution is 2.63. The molecule has 0 heterocycles. The molecule has 2 nitrogen and oxygen atoms in total. The Hall–Kier alpha value is -1.31. The summed E-state index contributed by atoms with van der Waals surface area (Å²) in [6, 6.07) is 9.25. The van der Waals surface area contributed by atoms with Crippen LogP contribution in [0.15, 0.2) is 30.3 Å². The smallest absolute Gasteiger partial charge is 0.338 e. The third kappa shape index (κ3) is 1.62. The van der Waals surface area contributed by atoms with Gasteiger partial charge in [-0.25, -0.2) is 4.79 Å². The quantitative estimate of drug-likeness (QED) is 0.726. The van der Waals surface area contributed by atoms with E-state index < -0.39 is 0 Å². The molecule has 0 saturated heterocycles. The average Bonchev–Trinajstić information content (AvgIpc) is 2.89. The molecule has 1 aromatic carbocycles. The minimum atomic E-state index is -0.174. The number of hydrogen-bond donors (Lipinski definition) is 0. The van der Waals surface area contributed by atoms with Gasteiger partial charge in [0.25, 0.3) is 0 Å². The zero-order valence-corrected chi connectivity index (χ0v) is 9.32. The number of carbonyl (C=O) groups is 1. The Labute approximate surface area is 95.6 Å². The molecule has 2 atom stereocenters. The van der Waals surface area contributed by atoms with Gasteiger partial charge >= 0.3 is 5.97 Å². The number of hydrogen-bond acceptors (Lipinski definition) is 2. The molecule has 2 heteroatoms. The van der Waals surface area contributed by atoms with E-state index in [1.54, 1.807) is 12.1 Å². The monoisotopic (exact) mass is 216 g/mol. The van der Waals surface area contributed by atoms with Gasteiger partial charge in [0.1, 0.15) is 0 Å². The summed E-state index contributed by atoms with van der Waals surface area (Å²) in [6.45, 7) is 0.630. The fourth-order valence-electron chi connectivity index (χ4n) is 2.96. The molecule has 2 unspecified atom stereocenters. The first-order chi connectivity index (χ1) is 7.80. The molecule has 0 spiro atoms. The van der Waals surface area contributed by atoms with E-state index in [4.69, 9.17) is 4.74 Å². The van der Waals surface area contributed by atoms with Crippen LogP contribution in [0, 0.1) is 11.3 Å². The highest BCUT2D eigenvalue weighted by molar-refractivity contribution is 5.89. The number of rotatable bonds is 3. The maximum Gasteiger partial charge on any atom is 0.338 e. The lowest BCUT2D eigenvalue weighted by Gasteiger charge is -2.12. The van der Waals surface area contributed by atoms with Gasteiger partial charge in [0, 0.05) is 5.41 Å². The van der Waals surface area contributed by atoms with Crippen molar-refractivity contribution in [2.45, 2.75) is 25.7 Å². The molecule has 2 saturated carbocycles. The summed E-state index contributed by atoms with van der Waals surface area (Å²) >= 11 is 0. The fourth-order valence-corrected chi connectivity index (χ4v) is 2.96. The van der Waals surface area contributed by atoms with E-state index in [9.17, 15) is 4.79 Å². The molecule has 0 bridgehead atoms. The first-order valence-electron chi connectivity index (χ1n) is 6.02. The van der Waals surface area contributed by atoms with Crippen molar-refractivity contribution in [3.8, 4) is 0 Å². The van der Waals surface area contributed by atoms with Gasteiger partial charge in [-0.15, -0.1) is 0 Å². The van der Waals surface area contributed by atoms with Crippen LogP contribution in [0.5, 0.6) is 0 Å². The van der Waals surface area contributed by atoms with E-state index in [-0.39, 0.29) is 5.97 Å². The van der Waals surface area contributed by atoms with Gasteiger partial charge in [0.15, 0.2) is 0 Å². The van der Waals surface area contributed by atoms with Crippen molar-refractivity contribution >= 4 is 5.97 Å². The van der Waals surface area contributed by atoms with Crippen LogP contribution in [0.1, 0.15) is 36.0 Å². The molecule has 2 fully saturated rings. The molecule has 0 N–H and O–H groups in total. The van der Waals surface area contributed by atoms with Crippen LogP contribution < -0.4 is 0 Å². The third-order valence-corrected chi connectivity index (χ3v) is 4.09. The summed E-state index contributed by atoms with van der Waals surface area (Å²) in [5.41, 5.74) is 1.04. The average molecular weight is 216 g/mol. The Morgan fingerprint density at radius 3 is 2.81 bits per heavy atom. The topological polar surface area (TPSA) is 26.3 Å². The van der Waals surface area contributed by atoms with Crippen LogP contribution in [0.4, 0.5) is 0 Å². The second-order valence-corrected chi connectivity index (χ2v) is 5.10. The minimum absolute atomic E-state index is 0.174. The molecule has 2 aliphatic rings. The van der Waals surface area contributed by atoms with Gasteiger partial charge in [-0.05, 0) is 37.3 Å². The Kier molecular flexibility index (Phi) is 2.23. The molecule has 16 heavy (non-hydrogen) atoms. The van der Waals surface area contributed by atoms with Crippen LogP contribution in [-0.2, 0) is 4.74 Å². The van der Waals surface area contributed by atoms with Crippen molar-refractivity contribution in [3.63, 3.8) is 0 Å². The molecule has 1 aromatic rings. The summed E-state index contributed by atoms with van der Waals surface area (Å²) in [5, 5.41) is 0. The van der Waals surface area contributed by atoms with Gasteiger partial charge in [-0.3, -0.25) is 0 Å². The van der Waals surface area contributed by atoms with Crippen LogP contribution in [0.25, 0.3) is 0 Å². The largest absolute Gasteiger partial charge is 0.461 e. The molecular formula is C14H16O2. The zero-order chi connectivity index (χ0) is 11.0. The van der Waals surface area contributed by atoms with Crippen molar-refractivity contribution in [2.24, 2.45) is 11.3 Å². The second kappa shape index (κ2) is 3.62. The Bertz CT molecular complexity index is 398. The summed E-state index contributed by atoms with van der Waals surface area (Å²) in [4.78, 5) is 11.7. The van der Waals surface area contributed by atoms with Crippen LogP contribution in [-0.4, -0.2) is 12.6 Å². The normalized spacial score (nSPS) is 30.9. The van der Waals surface area contributed by atoms with Crippen molar-refractivity contribution in [2.75, 3.05) is 6.61 Å². The summed E-state index contributed by atoms with van der Waals surface area (Å²) in [6.07, 6.45) is 5.17. The highest BCUT2D eigenvalue weighted by atomic mass is 16.5. The first kappa shape index (κ1) is 9.88. The van der Waals surface area contributed by atoms with E-state index in [0.717, 1.165) is 5.92 Å². The van der Waals surface area contributed by atoms with Crippen LogP contribution >= 0.6 is 0 Å². The van der Waals surface area contributed by atoms with Crippen molar-refractivity contribution in [1.29, 1.82) is 0 Å². The van der Waals surface area contributed by atoms with Crippen LogP contribution in [0.3, 0.4) is 0 Å². The summed E-state index contributed by atoms with van der Waals surface area (Å²) < 4.78 is 5.42. The highest BCUT2D eigenvalue weighted by Gasteiger charge is 2.57. The van der Waals surface area contributed by atoms with Crippen molar-refractivity contribution < 1.29 is 9.53 Å². The molecular weight excluding hydrogens is 200 g/mol. The van der Waals surface area contributed by atoms with Crippen molar-refractivity contribution in [1.82, 2.24) is 0 Å². The number of esters is 1. The van der Waals surface area contributed by atoms with Gasteiger partial charge < -0.3 is 4.74 Å². The molecule has 3 rings (SSSR count). The van der Waals surface area contributed by atoms with E-state index in [1.807, 2.05) is 18.2 Å². The molecule has 0 radical (unpaired) electrons. The number of ether oxygens (including phenoxy) is 1. The van der Waals surface area contributed by atoms with E-state index in [1.165, 1.54) is 25.7 Å². The molecule has 0 amide bonds. The van der Waals surface area contributed by atoms with Gasteiger partial charge in [-0.1, -0.05) is 24.6 Å². The zero-order valence-electron chi connectivity index (χ0n) is 9.32. The standard InChI is InChI=1S/C14H16O2/c15-13(11-5-2-1-3-6-11)16-10-14-8-4-7-12(14)9-14/h1-3,5-6,12H,4,7-10H2. The minimum Gasteiger partial charge on any atom is -0.461 e. The molecule has 84 valence electrons. The fraction of sp³-hybridized carbons (Fsp3) is 0.500. The lowest BCUT2D eigenvalue weighted by Crippen LogP contribution is -2.14. The second-order valence-electron chi connectivity index (χ2n) is 5.10. The summed E-state index contributed by atoms with van der Waals surface area (Å²) in [7, 11) is 0. The maximum absolute atomic E-state index is 11.7. The predicted molar refractivity (Wildman–Crippen MR) is 61.1 cm³/mol. The number of benzene rings is 1. The lowest BCUT2D eigenvalue weighted by molar-refractivity contribution is 0.0410. The molecule has 0 aromatic heterocycles. The predicted octanol–water partition coefficient (Wildman–Crippen LogP) is 3.03. The van der Waals surface area contributed by atoms with Gasteiger partial charge in [0.2, 0.25) is 0 Å². The SMILES string of the molecule is O=C(OCC12CCCC1C2)c1ccccc1. The Morgan fingerprint density at radius 1 is 1.38 bits per heavy atom. The maximum atomic E-state index is 11.7. The van der Waals surface area contributed by atoms with Crippen molar-refractivity contribution in [3.05, 3.63) is 35.9 Å². The third-order valence-electron chi connectivity index (χ3n) is 4.09. The Balaban J connectivity index is 1.58. The van der Waals surface area contributed by atoms with E-state index >= 15 is 0 Å². The Morgan fingerprint density at radius 2 is 2.19 bits per heavy atom. The van der Waals surface area contributed by atoms with Gasteiger partial charge in [-0.2, -0.15) is 0 Å². The number of carbonyl (C=O) groups excluding carboxylic acids is 1. The molecule has 0 aliphatic heterocycles. The summed E-state index contributed by atoms with van der Waals surface area (Å²) in [5.74, 6) is 0.670. The van der Waals surface area contributed by atoms with E-state index in [0.29, 0.717) is 17.6 Å². The van der Waals surface area contributed by atoms with Gasteiger partial charge in [0.05, 0.1) is 12.2 Å². The first-order valence-corrected chi connectivity index (χ1v) is 6.02. The van der Waals surface area contributed by atoms with E-state index in [2.05, 4.69) is 0 Å². The van der Waals surface area contributed by atoms with Crippen LogP contribution in [0.2, 0.25) is 0 Å². The number of fused-ring (bicyclic) bond motifs is 1.